The van der Waals surface area contributed by atoms with Gasteiger partial charge in [0.25, 0.3) is 0 Å². The second kappa shape index (κ2) is 11.5. The summed E-state index contributed by atoms with van der Waals surface area (Å²) >= 11 is 0. The van der Waals surface area contributed by atoms with Crippen LogP contribution in [0.25, 0.3) is 0 Å². The smallest absolute Gasteiger partial charge is 0.356 e. The molecule has 4 nitrogen and oxygen atoms in total. The van der Waals surface area contributed by atoms with Crippen molar-refractivity contribution in [1.82, 2.24) is 15.5 Å². The van der Waals surface area contributed by atoms with Crippen molar-refractivity contribution in [1.29, 1.82) is 0 Å². The highest BCUT2D eigenvalue weighted by Gasteiger charge is 2.28. The first-order valence-corrected chi connectivity index (χ1v) is 7.66. The molecule has 0 atom stereocenters. The Kier molecular flexibility index (Phi) is 11.0. The molecule has 144 valence electrons. The molecular weight excluding hydrogens is 451 g/mol. The Bertz CT molecular complexity index is 549. The number of alkyl halides is 3. The largest absolute Gasteiger partial charge is 0.401 e. The number of rotatable bonds is 7. The molecule has 0 unspecified atom stereocenters. The van der Waals surface area contributed by atoms with Crippen LogP contribution < -0.4 is 10.6 Å². The quantitative estimate of drug-likeness (QED) is 0.209. The number of hydrogen-bond acceptors (Lipinski definition) is 2. The van der Waals surface area contributed by atoms with Gasteiger partial charge in [-0.2, -0.15) is 13.2 Å². The molecule has 0 saturated heterocycles. The van der Waals surface area contributed by atoms with E-state index in [-0.39, 0.29) is 29.8 Å². The molecule has 2 N–H and O–H groups in total. The lowest BCUT2D eigenvalue weighted by atomic mass is 10.1. The number of nitrogens with one attached hydrogen (secondary N) is 2. The molecule has 0 heterocycles. The zero-order valence-corrected chi connectivity index (χ0v) is 16.9. The van der Waals surface area contributed by atoms with Crippen LogP contribution in [0.2, 0.25) is 0 Å². The van der Waals surface area contributed by atoms with Crippen LogP contribution in [-0.4, -0.2) is 50.8 Å². The molecule has 0 aliphatic rings. The van der Waals surface area contributed by atoms with Crippen molar-refractivity contribution in [2.45, 2.75) is 26.1 Å². The van der Waals surface area contributed by atoms with E-state index in [4.69, 9.17) is 0 Å². The van der Waals surface area contributed by atoms with Crippen LogP contribution in [0.5, 0.6) is 0 Å². The Morgan fingerprint density at radius 2 is 1.92 bits per heavy atom. The lowest BCUT2D eigenvalue weighted by Gasteiger charge is -2.19. The lowest BCUT2D eigenvalue weighted by Crippen LogP contribution is -2.39. The third kappa shape index (κ3) is 10.5. The molecule has 1 aromatic carbocycles. The van der Waals surface area contributed by atoms with Gasteiger partial charge < -0.3 is 10.6 Å². The van der Waals surface area contributed by atoms with Crippen LogP contribution in [0, 0.1) is 12.7 Å². The number of nitrogens with zero attached hydrogens (tertiary/aromatic N) is 2. The Balaban J connectivity index is 0.00000576. The Labute approximate surface area is 163 Å². The molecule has 0 amide bonds. The molecule has 9 heteroatoms. The predicted molar refractivity (Wildman–Crippen MR) is 103 cm³/mol. The Morgan fingerprint density at radius 1 is 1.24 bits per heavy atom. The molecule has 0 fully saturated rings. The van der Waals surface area contributed by atoms with E-state index in [9.17, 15) is 17.6 Å². The number of aliphatic imine (C=N–C) groups is 1. The van der Waals surface area contributed by atoms with Gasteiger partial charge in [0.15, 0.2) is 5.96 Å². The number of aryl methyl sites for hydroxylation is 1. The van der Waals surface area contributed by atoms with Gasteiger partial charge in [-0.15, -0.1) is 24.0 Å². The molecule has 0 spiro atoms. The van der Waals surface area contributed by atoms with Gasteiger partial charge in [0.2, 0.25) is 0 Å². The average Bonchev–Trinajstić information content (AvgIpc) is 2.48. The van der Waals surface area contributed by atoms with E-state index in [1.54, 1.807) is 20.0 Å². The van der Waals surface area contributed by atoms with Crippen LogP contribution in [0.3, 0.4) is 0 Å². The van der Waals surface area contributed by atoms with Crippen molar-refractivity contribution >= 4 is 29.9 Å². The molecule has 0 saturated carbocycles. The fourth-order valence-corrected chi connectivity index (χ4v) is 2.09. The summed E-state index contributed by atoms with van der Waals surface area (Å²) in [7, 11) is 3.04. The first kappa shape index (κ1) is 23.9. The first-order chi connectivity index (χ1) is 11.2. The summed E-state index contributed by atoms with van der Waals surface area (Å²) in [5.74, 6) is 0.263. The summed E-state index contributed by atoms with van der Waals surface area (Å²) in [6.45, 7) is 2.00. The highest BCUT2D eigenvalue weighted by molar-refractivity contribution is 14.0. The van der Waals surface area contributed by atoms with E-state index in [0.29, 0.717) is 37.6 Å². The van der Waals surface area contributed by atoms with Crippen molar-refractivity contribution in [3.63, 3.8) is 0 Å². The standard InChI is InChI=1S/C16H24F4N4.HI/c1-12-5-6-13(9-14(12)17)10-23-15(21-2)22-7-4-8-24(3)11-16(18,19)20;/h5-6,9H,4,7-8,10-11H2,1-3H3,(H2,21,22,23);1H. The van der Waals surface area contributed by atoms with Crippen LogP contribution >= 0.6 is 24.0 Å². The SMILES string of the molecule is CN=C(NCCCN(C)CC(F)(F)F)NCc1ccc(C)c(F)c1.I. The number of guanidine groups is 1. The number of halogens is 5. The van der Waals surface area contributed by atoms with Crippen LogP contribution in [0.1, 0.15) is 17.5 Å². The van der Waals surface area contributed by atoms with E-state index in [1.807, 2.05) is 6.07 Å². The summed E-state index contributed by atoms with van der Waals surface area (Å²) in [5.41, 5.74) is 1.37. The third-order valence-electron chi connectivity index (χ3n) is 3.38. The molecule has 1 aromatic rings. The minimum atomic E-state index is -4.18. The van der Waals surface area contributed by atoms with Gasteiger partial charge in [-0.05, 0) is 44.1 Å². The van der Waals surface area contributed by atoms with Gasteiger partial charge >= 0.3 is 6.18 Å². The van der Waals surface area contributed by atoms with Crippen LogP contribution in [0.15, 0.2) is 23.2 Å². The minimum absolute atomic E-state index is 0. The van der Waals surface area contributed by atoms with Crippen LogP contribution in [0.4, 0.5) is 17.6 Å². The molecule has 0 aromatic heterocycles. The van der Waals surface area contributed by atoms with Gasteiger partial charge in [-0.1, -0.05) is 12.1 Å². The lowest BCUT2D eigenvalue weighted by molar-refractivity contribution is -0.143. The summed E-state index contributed by atoms with van der Waals surface area (Å²) < 4.78 is 50.1. The third-order valence-corrected chi connectivity index (χ3v) is 3.38. The second-order valence-electron chi connectivity index (χ2n) is 5.64. The molecule has 0 aliphatic heterocycles. The fraction of sp³-hybridized carbons (Fsp3) is 0.562. The average molecular weight is 476 g/mol. The van der Waals surface area contributed by atoms with Crippen molar-refractivity contribution in [3.8, 4) is 0 Å². The van der Waals surface area contributed by atoms with E-state index in [1.165, 1.54) is 18.0 Å². The summed E-state index contributed by atoms with van der Waals surface area (Å²) in [6, 6.07) is 4.99. The van der Waals surface area contributed by atoms with Gasteiger partial charge in [-0.3, -0.25) is 9.89 Å². The molecule has 0 aliphatic carbocycles. The minimum Gasteiger partial charge on any atom is -0.356 e. The zero-order chi connectivity index (χ0) is 18.2. The maximum Gasteiger partial charge on any atom is 0.401 e. The molecule has 0 radical (unpaired) electrons. The monoisotopic (exact) mass is 476 g/mol. The van der Waals surface area contributed by atoms with Crippen LogP contribution in [-0.2, 0) is 6.54 Å². The highest BCUT2D eigenvalue weighted by atomic mass is 127. The molecule has 25 heavy (non-hydrogen) atoms. The Morgan fingerprint density at radius 3 is 2.48 bits per heavy atom. The maximum atomic E-state index is 13.5. The van der Waals surface area contributed by atoms with E-state index < -0.39 is 12.7 Å². The summed E-state index contributed by atoms with van der Waals surface area (Å²) in [4.78, 5) is 5.26. The summed E-state index contributed by atoms with van der Waals surface area (Å²) in [5, 5.41) is 6.06. The number of benzene rings is 1. The molecule has 1 rings (SSSR count). The summed E-state index contributed by atoms with van der Waals surface area (Å²) in [6.07, 6.45) is -3.63. The predicted octanol–water partition coefficient (Wildman–Crippen LogP) is 3.30. The van der Waals surface area contributed by atoms with Crippen molar-refractivity contribution < 1.29 is 17.6 Å². The van der Waals surface area contributed by atoms with E-state index in [0.717, 1.165) is 5.56 Å². The molecular formula is C16H25F4IN4. The maximum absolute atomic E-state index is 13.5. The van der Waals surface area contributed by atoms with Gasteiger partial charge in [0.05, 0.1) is 6.54 Å². The normalized spacial score (nSPS) is 12.1. The second-order valence-corrected chi connectivity index (χ2v) is 5.64. The van der Waals surface area contributed by atoms with Crippen molar-refractivity contribution in [2.75, 3.05) is 33.7 Å². The van der Waals surface area contributed by atoms with E-state index >= 15 is 0 Å². The van der Waals surface area contributed by atoms with Gasteiger partial charge in [0.1, 0.15) is 5.82 Å². The first-order valence-electron chi connectivity index (χ1n) is 7.66. The zero-order valence-electron chi connectivity index (χ0n) is 14.6. The molecule has 0 bridgehead atoms. The fourth-order valence-electron chi connectivity index (χ4n) is 2.09. The van der Waals surface area contributed by atoms with E-state index in [2.05, 4.69) is 15.6 Å². The van der Waals surface area contributed by atoms with Gasteiger partial charge in [-0.25, -0.2) is 4.39 Å². The van der Waals surface area contributed by atoms with Crippen molar-refractivity contribution in [2.24, 2.45) is 4.99 Å². The van der Waals surface area contributed by atoms with Crippen molar-refractivity contribution in [3.05, 3.63) is 35.1 Å². The number of hydrogen-bond donors (Lipinski definition) is 2. The topological polar surface area (TPSA) is 39.7 Å². The highest BCUT2D eigenvalue weighted by Crippen LogP contribution is 2.15. The Hall–Kier alpha value is -1.10. The van der Waals surface area contributed by atoms with Gasteiger partial charge in [0, 0.05) is 20.1 Å².